The van der Waals surface area contributed by atoms with Gasteiger partial charge in [0, 0.05) is 25.6 Å². The Balaban J connectivity index is 1.80. The molecule has 3 rings (SSSR count). The lowest BCUT2D eigenvalue weighted by atomic mass is 10.0. The fourth-order valence-corrected chi connectivity index (χ4v) is 2.88. The van der Waals surface area contributed by atoms with Crippen LogP contribution in [-0.4, -0.2) is 42.6 Å². The third-order valence-corrected chi connectivity index (χ3v) is 4.37. The van der Waals surface area contributed by atoms with Crippen LogP contribution < -0.4 is 0 Å². The van der Waals surface area contributed by atoms with E-state index in [0.717, 1.165) is 24.8 Å². The van der Waals surface area contributed by atoms with Crippen molar-refractivity contribution in [2.45, 2.75) is 32.2 Å². The summed E-state index contributed by atoms with van der Waals surface area (Å²) in [6.45, 7) is 2.15. The Labute approximate surface area is 152 Å². The molecule has 26 heavy (non-hydrogen) atoms. The highest BCUT2D eigenvalue weighted by atomic mass is 16.2. The van der Waals surface area contributed by atoms with E-state index in [0.29, 0.717) is 11.4 Å². The van der Waals surface area contributed by atoms with Gasteiger partial charge in [-0.3, -0.25) is 14.3 Å². The number of rotatable bonds is 7. The molecule has 0 aliphatic carbocycles. The van der Waals surface area contributed by atoms with E-state index in [9.17, 15) is 4.79 Å². The maximum absolute atomic E-state index is 13.0. The first-order valence-electron chi connectivity index (χ1n) is 8.69. The predicted octanol–water partition coefficient (Wildman–Crippen LogP) is 3.06. The molecular weight excluding hydrogens is 328 g/mol. The molecule has 0 fully saturated rings. The van der Waals surface area contributed by atoms with Crippen LogP contribution in [0.15, 0.2) is 55.5 Å². The molecule has 0 saturated heterocycles. The normalized spacial score (nSPS) is 11.9. The van der Waals surface area contributed by atoms with Crippen LogP contribution in [-0.2, 0) is 0 Å². The summed E-state index contributed by atoms with van der Waals surface area (Å²) in [7, 11) is 1.84. The largest absolute Gasteiger partial charge is 0.335 e. The lowest BCUT2D eigenvalue weighted by Crippen LogP contribution is -2.31. The Morgan fingerprint density at radius 1 is 1.19 bits per heavy atom. The smallest absolute Gasteiger partial charge is 0.255 e. The minimum atomic E-state index is -0.0576. The molecule has 3 aromatic rings. The van der Waals surface area contributed by atoms with E-state index >= 15 is 0 Å². The Kier molecular flexibility index (Phi) is 5.68. The molecule has 3 heterocycles. The molecular formula is C19H22N6O. The van der Waals surface area contributed by atoms with Gasteiger partial charge in [0.2, 0.25) is 0 Å². The molecule has 0 N–H and O–H groups in total. The van der Waals surface area contributed by atoms with Crippen LogP contribution >= 0.6 is 0 Å². The molecule has 0 aromatic carbocycles. The summed E-state index contributed by atoms with van der Waals surface area (Å²) in [6, 6.07) is 7.48. The van der Waals surface area contributed by atoms with E-state index in [-0.39, 0.29) is 11.9 Å². The zero-order valence-corrected chi connectivity index (χ0v) is 15.0. The van der Waals surface area contributed by atoms with Crippen molar-refractivity contribution in [1.82, 2.24) is 29.6 Å². The van der Waals surface area contributed by atoms with Gasteiger partial charge < -0.3 is 4.90 Å². The summed E-state index contributed by atoms with van der Waals surface area (Å²) in [5.74, 6) is 0.613. The van der Waals surface area contributed by atoms with Crippen LogP contribution in [0.25, 0.3) is 5.82 Å². The Hall–Kier alpha value is -3.09. The van der Waals surface area contributed by atoms with Crippen molar-refractivity contribution in [2.24, 2.45) is 0 Å². The number of hydrogen-bond acceptors (Lipinski definition) is 5. The number of aromatic nitrogens is 5. The Bertz CT molecular complexity index is 817. The van der Waals surface area contributed by atoms with Gasteiger partial charge in [0.05, 0.1) is 11.6 Å². The van der Waals surface area contributed by atoms with E-state index < -0.39 is 0 Å². The van der Waals surface area contributed by atoms with Gasteiger partial charge in [-0.15, -0.1) is 10.2 Å². The number of amides is 1. The first-order chi connectivity index (χ1) is 12.7. The molecule has 0 saturated carbocycles. The van der Waals surface area contributed by atoms with Crippen LogP contribution in [0.5, 0.6) is 0 Å². The molecule has 0 spiro atoms. The lowest BCUT2D eigenvalue weighted by molar-refractivity contribution is 0.0719. The van der Waals surface area contributed by atoms with Crippen LogP contribution in [0.3, 0.4) is 0 Å². The summed E-state index contributed by atoms with van der Waals surface area (Å²) in [6.07, 6.45) is 11.3. The zero-order valence-electron chi connectivity index (χ0n) is 15.0. The van der Waals surface area contributed by atoms with Crippen molar-refractivity contribution in [2.75, 3.05) is 7.05 Å². The highest BCUT2D eigenvalue weighted by Crippen LogP contribution is 2.26. The van der Waals surface area contributed by atoms with Crippen molar-refractivity contribution >= 4 is 5.91 Å². The monoisotopic (exact) mass is 350 g/mol. The van der Waals surface area contributed by atoms with E-state index in [1.165, 1.54) is 0 Å². The van der Waals surface area contributed by atoms with Gasteiger partial charge in [-0.1, -0.05) is 25.8 Å². The molecule has 0 aliphatic heterocycles. The van der Waals surface area contributed by atoms with Gasteiger partial charge in [0.1, 0.15) is 18.5 Å². The molecule has 0 aliphatic rings. The van der Waals surface area contributed by atoms with Crippen LogP contribution in [0.2, 0.25) is 0 Å². The van der Waals surface area contributed by atoms with E-state index in [2.05, 4.69) is 27.1 Å². The molecule has 1 amide bonds. The first kappa shape index (κ1) is 17.7. The van der Waals surface area contributed by atoms with Crippen molar-refractivity contribution < 1.29 is 4.79 Å². The third-order valence-electron chi connectivity index (χ3n) is 4.37. The van der Waals surface area contributed by atoms with Crippen molar-refractivity contribution in [1.29, 1.82) is 0 Å². The highest BCUT2D eigenvalue weighted by Gasteiger charge is 2.22. The van der Waals surface area contributed by atoms with E-state index in [4.69, 9.17) is 0 Å². The average molecular weight is 350 g/mol. The zero-order chi connectivity index (χ0) is 18.4. The highest BCUT2D eigenvalue weighted by molar-refractivity contribution is 5.94. The Morgan fingerprint density at radius 2 is 2.00 bits per heavy atom. The van der Waals surface area contributed by atoms with Gasteiger partial charge in [-0.25, -0.2) is 4.98 Å². The van der Waals surface area contributed by atoms with Crippen molar-refractivity contribution in [3.63, 3.8) is 0 Å². The number of carbonyl (C=O) groups excluding carboxylic acids is 1. The summed E-state index contributed by atoms with van der Waals surface area (Å²) in [5, 5.41) is 7.52. The molecule has 0 bridgehead atoms. The second-order valence-corrected chi connectivity index (χ2v) is 6.13. The molecule has 3 aromatic heterocycles. The second-order valence-electron chi connectivity index (χ2n) is 6.13. The van der Waals surface area contributed by atoms with Crippen LogP contribution in [0, 0.1) is 0 Å². The first-order valence-corrected chi connectivity index (χ1v) is 8.69. The summed E-state index contributed by atoms with van der Waals surface area (Å²) in [4.78, 5) is 23.3. The third kappa shape index (κ3) is 3.93. The predicted molar refractivity (Wildman–Crippen MR) is 97.8 cm³/mol. The van der Waals surface area contributed by atoms with Crippen LogP contribution in [0.1, 0.15) is 48.1 Å². The van der Waals surface area contributed by atoms with Crippen molar-refractivity contribution in [3.05, 3.63) is 66.6 Å². The molecule has 7 heteroatoms. The minimum absolute atomic E-state index is 0.00586. The fraction of sp³-hybridized carbons (Fsp3) is 0.316. The van der Waals surface area contributed by atoms with Gasteiger partial charge in [0.25, 0.3) is 5.91 Å². The van der Waals surface area contributed by atoms with Crippen LogP contribution in [0.4, 0.5) is 0 Å². The topological polar surface area (TPSA) is 76.8 Å². The summed E-state index contributed by atoms with van der Waals surface area (Å²) < 4.78 is 1.69. The standard InChI is InChI=1S/C19H22N6O/c1-3-4-7-17(15-6-5-10-20-11-15)24(2)19(26)16-8-9-18(21-12-16)25-13-22-23-14-25/h5-6,8-14,17H,3-4,7H2,1-2H3. The van der Waals surface area contributed by atoms with Gasteiger partial charge >= 0.3 is 0 Å². The lowest BCUT2D eigenvalue weighted by Gasteiger charge is -2.28. The number of nitrogens with zero attached hydrogens (tertiary/aromatic N) is 6. The quantitative estimate of drug-likeness (QED) is 0.654. The summed E-state index contributed by atoms with van der Waals surface area (Å²) in [5.41, 5.74) is 1.60. The SMILES string of the molecule is CCCCC(c1cccnc1)N(C)C(=O)c1ccc(-n2cnnc2)nc1. The fourth-order valence-electron chi connectivity index (χ4n) is 2.88. The van der Waals surface area contributed by atoms with Crippen molar-refractivity contribution in [3.8, 4) is 5.82 Å². The average Bonchev–Trinajstić information content (AvgIpc) is 3.23. The van der Waals surface area contributed by atoms with Gasteiger partial charge in [-0.05, 0) is 30.2 Å². The molecule has 0 radical (unpaired) electrons. The summed E-state index contributed by atoms with van der Waals surface area (Å²) >= 11 is 0. The number of carbonyl (C=O) groups is 1. The van der Waals surface area contributed by atoms with E-state index in [1.54, 1.807) is 46.6 Å². The molecule has 1 atom stereocenters. The minimum Gasteiger partial charge on any atom is -0.335 e. The second kappa shape index (κ2) is 8.33. The number of unbranched alkanes of at least 4 members (excludes halogenated alkanes) is 1. The number of hydrogen-bond donors (Lipinski definition) is 0. The molecule has 134 valence electrons. The molecule has 1 unspecified atom stereocenters. The van der Waals surface area contributed by atoms with E-state index in [1.807, 2.05) is 25.4 Å². The molecule has 7 nitrogen and oxygen atoms in total. The Morgan fingerprint density at radius 3 is 2.62 bits per heavy atom. The van der Waals surface area contributed by atoms with Gasteiger partial charge in [-0.2, -0.15) is 0 Å². The maximum Gasteiger partial charge on any atom is 0.255 e. The maximum atomic E-state index is 13.0. The number of pyridine rings is 2. The van der Waals surface area contributed by atoms with Gasteiger partial charge in [0.15, 0.2) is 0 Å².